The molecule has 0 spiro atoms. The fraction of sp³-hybridized carbons (Fsp3) is 0.667. The average Bonchev–Trinajstić information content (AvgIpc) is 2.82. The van der Waals surface area contributed by atoms with E-state index in [0.29, 0.717) is 13.2 Å². The Morgan fingerprint density at radius 3 is 2.84 bits per heavy atom. The SMILES string of the molecule is CCc1cnc(CNC(=NC)NC(C)COC)s1.I. The third-order valence-corrected chi connectivity index (χ3v) is 3.52. The van der Waals surface area contributed by atoms with Crippen molar-refractivity contribution in [2.24, 2.45) is 4.99 Å². The molecule has 7 heteroatoms. The van der Waals surface area contributed by atoms with E-state index in [9.17, 15) is 0 Å². The maximum Gasteiger partial charge on any atom is 0.191 e. The summed E-state index contributed by atoms with van der Waals surface area (Å²) in [7, 11) is 3.45. The number of nitrogens with one attached hydrogen (secondary N) is 2. The molecule has 1 atom stereocenters. The van der Waals surface area contributed by atoms with Gasteiger partial charge in [-0.1, -0.05) is 6.92 Å². The third kappa shape index (κ3) is 7.07. The molecule has 0 aliphatic rings. The number of aliphatic imine (C=N–C) groups is 1. The average molecular weight is 398 g/mol. The minimum atomic E-state index is 0. The van der Waals surface area contributed by atoms with Crippen LogP contribution in [-0.4, -0.2) is 37.7 Å². The Kier molecular flexibility index (Phi) is 10.2. The normalized spacial score (nSPS) is 12.7. The smallest absolute Gasteiger partial charge is 0.191 e. The van der Waals surface area contributed by atoms with Crippen LogP contribution in [0.15, 0.2) is 11.2 Å². The Balaban J connectivity index is 0.00000324. The third-order valence-electron chi connectivity index (χ3n) is 2.38. The van der Waals surface area contributed by atoms with E-state index in [2.05, 4.69) is 34.5 Å². The van der Waals surface area contributed by atoms with Gasteiger partial charge in [-0.05, 0) is 13.3 Å². The van der Waals surface area contributed by atoms with Crippen LogP contribution in [0.1, 0.15) is 23.7 Å². The number of ether oxygens (including phenoxy) is 1. The number of guanidine groups is 1. The van der Waals surface area contributed by atoms with E-state index in [1.165, 1.54) is 4.88 Å². The van der Waals surface area contributed by atoms with Gasteiger partial charge in [0, 0.05) is 31.3 Å². The van der Waals surface area contributed by atoms with Crippen molar-refractivity contribution in [3.8, 4) is 0 Å². The molecular weight excluding hydrogens is 375 g/mol. The zero-order valence-electron chi connectivity index (χ0n) is 11.9. The van der Waals surface area contributed by atoms with Gasteiger partial charge in [0.15, 0.2) is 5.96 Å². The number of methoxy groups -OCH3 is 1. The molecule has 1 heterocycles. The van der Waals surface area contributed by atoms with Gasteiger partial charge >= 0.3 is 0 Å². The maximum absolute atomic E-state index is 5.07. The second-order valence-corrected chi connectivity index (χ2v) is 5.20. The van der Waals surface area contributed by atoms with Crippen molar-refractivity contribution in [1.82, 2.24) is 15.6 Å². The highest BCUT2D eigenvalue weighted by Gasteiger charge is 2.06. The van der Waals surface area contributed by atoms with Crippen LogP contribution in [-0.2, 0) is 17.7 Å². The molecule has 0 fully saturated rings. The summed E-state index contributed by atoms with van der Waals surface area (Å²) >= 11 is 1.73. The predicted molar refractivity (Wildman–Crippen MR) is 91.6 cm³/mol. The van der Waals surface area contributed by atoms with Crippen molar-refractivity contribution >= 4 is 41.3 Å². The second-order valence-electron chi connectivity index (χ2n) is 4.00. The fourth-order valence-electron chi connectivity index (χ4n) is 1.47. The van der Waals surface area contributed by atoms with Crippen molar-refractivity contribution < 1.29 is 4.74 Å². The van der Waals surface area contributed by atoms with Gasteiger partial charge in [0.25, 0.3) is 0 Å². The second kappa shape index (κ2) is 10.4. The molecule has 0 bridgehead atoms. The van der Waals surface area contributed by atoms with Crippen LogP contribution >= 0.6 is 35.3 Å². The summed E-state index contributed by atoms with van der Waals surface area (Å²) in [6.45, 7) is 5.54. The Morgan fingerprint density at radius 1 is 1.58 bits per heavy atom. The summed E-state index contributed by atoms with van der Waals surface area (Å²) in [5.41, 5.74) is 0. The lowest BCUT2D eigenvalue weighted by atomic mass is 10.4. The van der Waals surface area contributed by atoms with Crippen LogP contribution in [0.3, 0.4) is 0 Å². The molecule has 1 aromatic heterocycles. The van der Waals surface area contributed by atoms with Crippen LogP contribution in [0.25, 0.3) is 0 Å². The van der Waals surface area contributed by atoms with Gasteiger partial charge < -0.3 is 15.4 Å². The molecule has 1 aromatic rings. The molecule has 2 N–H and O–H groups in total. The molecular formula is C12H23IN4OS. The van der Waals surface area contributed by atoms with Crippen LogP contribution in [0.2, 0.25) is 0 Å². The molecule has 19 heavy (non-hydrogen) atoms. The molecule has 0 radical (unpaired) electrons. The summed E-state index contributed by atoms with van der Waals surface area (Å²) in [6.07, 6.45) is 2.97. The Morgan fingerprint density at radius 2 is 2.32 bits per heavy atom. The van der Waals surface area contributed by atoms with E-state index >= 15 is 0 Å². The lowest BCUT2D eigenvalue weighted by Gasteiger charge is -2.16. The van der Waals surface area contributed by atoms with Crippen molar-refractivity contribution in [1.29, 1.82) is 0 Å². The van der Waals surface area contributed by atoms with E-state index < -0.39 is 0 Å². The standard InChI is InChI=1S/C12H22N4OS.HI/c1-5-10-6-14-11(18-10)7-15-12(13-3)16-9(2)8-17-4;/h6,9H,5,7-8H2,1-4H3,(H2,13,15,16);1H. The van der Waals surface area contributed by atoms with Gasteiger partial charge in [0.2, 0.25) is 0 Å². The first-order valence-corrected chi connectivity index (χ1v) is 6.91. The van der Waals surface area contributed by atoms with Crippen LogP contribution in [0, 0.1) is 0 Å². The van der Waals surface area contributed by atoms with Gasteiger partial charge in [-0.25, -0.2) is 4.98 Å². The van der Waals surface area contributed by atoms with E-state index in [-0.39, 0.29) is 30.0 Å². The van der Waals surface area contributed by atoms with Crippen LogP contribution < -0.4 is 10.6 Å². The Labute approximate surface area is 136 Å². The summed E-state index contributed by atoms with van der Waals surface area (Å²) < 4.78 is 5.07. The van der Waals surface area contributed by atoms with E-state index in [4.69, 9.17) is 4.74 Å². The number of thiazole rings is 1. The maximum atomic E-state index is 5.07. The molecule has 0 saturated carbocycles. The highest BCUT2D eigenvalue weighted by molar-refractivity contribution is 14.0. The number of nitrogens with zero attached hydrogens (tertiary/aromatic N) is 2. The van der Waals surface area contributed by atoms with Gasteiger partial charge in [-0.3, -0.25) is 4.99 Å². The zero-order valence-corrected chi connectivity index (χ0v) is 15.0. The number of rotatable bonds is 6. The first kappa shape index (κ1) is 18.6. The highest BCUT2D eigenvalue weighted by Crippen LogP contribution is 2.12. The molecule has 5 nitrogen and oxygen atoms in total. The van der Waals surface area contributed by atoms with Crippen LogP contribution in [0.5, 0.6) is 0 Å². The van der Waals surface area contributed by atoms with Gasteiger partial charge in [-0.2, -0.15) is 0 Å². The number of halogens is 1. The molecule has 0 aliphatic heterocycles. The lowest BCUT2D eigenvalue weighted by molar-refractivity contribution is 0.179. The first-order chi connectivity index (χ1) is 8.69. The van der Waals surface area contributed by atoms with E-state index in [0.717, 1.165) is 17.4 Å². The Bertz CT molecular complexity index is 384. The molecule has 110 valence electrons. The minimum absolute atomic E-state index is 0. The zero-order chi connectivity index (χ0) is 13.4. The lowest BCUT2D eigenvalue weighted by Crippen LogP contribution is -2.43. The summed E-state index contributed by atoms with van der Waals surface area (Å²) in [6, 6.07) is 0.226. The molecule has 0 amide bonds. The van der Waals surface area contributed by atoms with Gasteiger partial charge in [-0.15, -0.1) is 35.3 Å². The van der Waals surface area contributed by atoms with E-state index in [1.807, 2.05) is 6.20 Å². The predicted octanol–water partition coefficient (Wildman–Crippen LogP) is 2.02. The topological polar surface area (TPSA) is 58.5 Å². The minimum Gasteiger partial charge on any atom is -0.383 e. The molecule has 0 aromatic carbocycles. The largest absolute Gasteiger partial charge is 0.383 e. The molecule has 0 saturated heterocycles. The number of aryl methyl sites for hydroxylation is 1. The van der Waals surface area contributed by atoms with Crippen molar-refractivity contribution in [3.63, 3.8) is 0 Å². The summed E-state index contributed by atoms with van der Waals surface area (Å²) in [5.74, 6) is 0.771. The van der Waals surface area contributed by atoms with Crippen molar-refractivity contribution in [3.05, 3.63) is 16.1 Å². The van der Waals surface area contributed by atoms with Gasteiger partial charge in [0.1, 0.15) is 5.01 Å². The van der Waals surface area contributed by atoms with Crippen LogP contribution in [0.4, 0.5) is 0 Å². The molecule has 0 aliphatic carbocycles. The summed E-state index contributed by atoms with van der Waals surface area (Å²) in [5, 5.41) is 7.57. The van der Waals surface area contributed by atoms with E-state index in [1.54, 1.807) is 25.5 Å². The number of aromatic nitrogens is 1. The first-order valence-electron chi connectivity index (χ1n) is 6.09. The quantitative estimate of drug-likeness (QED) is 0.438. The number of hydrogen-bond donors (Lipinski definition) is 2. The molecule has 1 rings (SSSR count). The fourth-order valence-corrected chi connectivity index (χ4v) is 2.27. The molecule has 1 unspecified atom stereocenters. The Hall–Kier alpha value is -0.410. The summed E-state index contributed by atoms with van der Waals surface area (Å²) in [4.78, 5) is 9.83. The number of hydrogen-bond acceptors (Lipinski definition) is 4. The van der Waals surface area contributed by atoms with Crippen molar-refractivity contribution in [2.45, 2.75) is 32.9 Å². The highest BCUT2D eigenvalue weighted by atomic mass is 127. The monoisotopic (exact) mass is 398 g/mol. The van der Waals surface area contributed by atoms with Crippen molar-refractivity contribution in [2.75, 3.05) is 20.8 Å². The van der Waals surface area contributed by atoms with Gasteiger partial charge in [0.05, 0.1) is 13.2 Å².